The van der Waals surface area contributed by atoms with E-state index in [-0.39, 0.29) is 5.56 Å². The van der Waals surface area contributed by atoms with Crippen LogP contribution in [-0.2, 0) is 0 Å². The molecular weight excluding hydrogens is 204 g/mol. The molecule has 0 fully saturated rings. The van der Waals surface area contributed by atoms with Gasteiger partial charge in [-0.05, 0) is 18.2 Å². The van der Waals surface area contributed by atoms with Crippen LogP contribution in [0.2, 0.25) is 0 Å². The van der Waals surface area contributed by atoms with Gasteiger partial charge >= 0.3 is 0 Å². The molecule has 3 rings (SSSR count). The molecule has 0 aromatic carbocycles. The maximum Gasteiger partial charge on any atom is 0.247 e. The molecule has 0 bridgehead atoms. The Hall–Kier alpha value is -2.43. The zero-order chi connectivity index (χ0) is 11.0. The average molecular weight is 212 g/mol. The summed E-state index contributed by atoms with van der Waals surface area (Å²) in [5.41, 5.74) is 2.25. The van der Waals surface area contributed by atoms with E-state index in [0.717, 1.165) is 11.1 Å². The number of aromatic nitrogens is 4. The number of nitrogens with zero attached hydrogens (tertiary/aromatic N) is 2. The van der Waals surface area contributed by atoms with E-state index in [2.05, 4.69) is 19.9 Å². The first-order valence-electron chi connectivity index (χ1n) is 4.83. The largest absolute Gasteiger partial charge is 0.337 e. The molecule has 0 atom stereocenters. The second-order valence-corrected chi connectivity index (χ2v) is 3.40. The molecule has 0 radical (unpaired) electrons. The van der Waals surface area contributed by atoms with Crippen LogP contribution in [0, 0.1) is 0 Å². The molecule has 78 valence electrons. The zero-order valence-corrected chi connectivity index (χ0v) is 8.27. The van der Waals surface area contributed by atoms with Gasteiger partial charge in [-0.2, -0.15) is 0 Å². The summed E-state index contributed by atoms with van der Waals surface area (Å²) in [6, 6.07) is 6.94. The highest BCUT2D eigenvalue weighted by atomic mass is 16.1. The molecule has 3 aromatic heterocycles. The van der Waals surface area contributed by atoms with Gasteiger partial charge in [-0.1, -0.05) is 0 Å². The van der Waals surface area contributed by atoms with Crippen LogP contribution >= 0.6 is 0 Å². The van der Waals surface area contributed by atoms with Crippen molar-refractivity contribution in [2.24, 2.45) is 0 Å². The van der Waals surface area contributed by atoms with Crippen molar-refractivity contribution in [3.05, 3.63) is 47.0 Å². The Labute approximate surface area is 90.2 Å². The van der Waals surface area contributed by atoms with Crippen molar-refractivity contribution in [2.45, 2.75) is 0 Å². The Bertz CT molecular complexity index is 645. The molecule has 0 saturated carbocycles. The molecule has 0 spiro atoms. The van der Waals surface area contributed by atoms with Crippen LogP contribution in [0.4, 0.5) is 0 Å². The Balaban J connectivity index is 2.19. The van der Waals surface area contributed by atoms with Crippen molar-refractivity contribution in [1.82, 2.24) is 19.9 Å². The van der Waals surface area contributed by atoms with Crippen LogP contribution in [0.25, 0.3) is 22.6 Å². The van der Waals surface area contributed by atoms with Gasteiger partial charge in [-0.25, -0.2) is 9.97 Å². The number of aromatic amines is 2. The number of H-pyrrole nitrogens is 2. The Morgan fingerprint density at radius 1 is 1.19 bits per heavy atom. The first kappa shape index (κ1) is 8.84. The number of hydrogen-bond acceptors (Lipinski definition) is 3. The van der Waals surface area contributed by atoms with Crippen LogP contribution in [0.3, 0.4) is 0 Å². The molecule has 0 aliphatic rings. The number of pyridine rings is 2. The third-order valence-corrected chi connectivity index (χ3v) is 2.32. The summed E-state index contributed by atoms with van der Waals surface area (Å²) in [6.07, 6.45) is 3.32. The van der Waals surface area contributed by atoms with Gasteiger partial charge in [0.05, 0.1) is 5.52 Å². The molecule has 3 aromatic rings. The molecule has 0 amide bonds. The summed E-state index contributed by atoms with van der Waals surface area (Å²) < 4.78 is 0. The number of fused-ring (bicyclic) bond motifs is 1. The highest BCUT2D eigenvalue weighted by Crippen LogP contribution is 2.16. The van der Waals surface area contributed by atoms with Gasteiger partial charge in [0.2, 0.25) is 5.56 Å². The predicted octanol–water partition coefficient (Wildman–Crippen LogP) is 1.31. The lowest BCUT2D eigenvalue weighted by Gasteiger charge is -1.93. The molecule has 0 aliphatic heterocycles. The second kappa shape index (κ2) is 3.30. The van der Waals surface area contributed by atoms with Crippen molar-refractivity contribution in [3.63, 3.8) is 0 Å². The molecule has 16 heavy (non-hydrogen) atoms. The highest BCUT2D eigenvalue weighted by Gasteiger charge is 2.04. The van der Waals surface area contributed by atoms with Gasteiger partial charge in [-0.15, -0.1) is 0 Å². The average Bonchev–Trinajstić information content (AvgIpc) is 2.73. The summed E-state index contributed by atoms with van der Waals surface area (Å²) in [4.78, 5) is 25.1. The van der Waals surface area contributed by atoms with E-state index in [4.69, 9.17) is 0 Å². The SMILES string of the molecule is O=c1ccc(-c2nc3ncccc3[nH]2)c[nH]1. The number of rotatable bonds is 1. The van der Waals surface area contributed by atoms with Crippen molar-refractivity contribution < 1.29 is 0 Å². The summed E-state index contributed by atoms with van der Waals surface area (Å²) in [5.74, 6) is 0.699. The lowest BCUT2D eigenvalue weighted by Crippen LogP contribution is -2.01. The molecular formula is C11H8N4O. The quantitative estimate of drug-likeness (QED) is 0.638. The number of hydrogen-bond donors (Lipinski definition) is 2. The summed E-state index contributed by atoms with van der Waals surface area (Å²) in [6.45, 7) is 0. The first-order chi connectivity index (χ1) is 7.83. The van der Waals surface area contributed by atoms with E-state index in [9.17, 15) is 4.79 Å². The Morgan fingerprint density at radius 2 is 2.12 bits per heavy atom. The van der Waals surface area contributed by atoms with Crippen molar-refractivity contribution >= 4 is 11.2 Å². The van der Waals surface area contributed by atoms with Crippen LogP contribution in [0.1, 0.15) is 0 Å². The smallest absolute Gasteiger partial charge is 0.247 e. The van der Waals surface area contributed by atoms with E-state index in [1.54, 1.807) is 18.5 Å². The topological polar surface area (TPSA) is 74.4 Å². The zero-order valence-electron chi connectivity index (χ0n) is 8.27. The molecule has 5 heteroatoms. The molecule has 5 nitrogen and oxygen atoms in total. The van der Waals surface area contributed by atoms with E-state index >= 15 is 0 Å². The third-order valence-electron chi connectivity index (χ3n) is 2.32. The van der Waals surface area contributed by atoms with Crippen LogP contribution in [0.5, 0.6) is 0 Å². The van der Waals surface area contributed by atoms with Gasteiger partial charge in [0.1, 0.15) is 5.82 Å². The fourth-order valence-electron chi connectivity index (χ4n) is 1.54. The number of nitrogens with one attached hydrogen (secondary N) is 2. The minimum Gasteiger partial charge on any atom is -0.337 e. The summed E-state index contributed by atoms with van der Waals surface area (Å²) in [7, 11) is 0. The van der Waals surface area contributed by atoms with Crippen LogP contribution in [-0.4, -0.2) is 19.9 Å². The maximum atomic E-state index is 10.9. The maximum absolute atomic E-state index is 10.9. The van der Waals surface area contributed by atoms with E-state index in [0.29, 0.717) is 11.5 Å². The van der Waals surface area contributed by atoms with Gasteiger partial charge in [-0.3, -0.25) is 4.79 Å². The minimum atomic E-state index is -0.127. The summed E-state index contributed by atoms with van der Waals surface area (Å²) >= 11 is 0. The van der Waals surface area contributed by atoms with Crippen LogP contribution in [0.15, 0.2) is 41.5 Å². The fourth-order valence-corrected chi connectivity index (χ4v) is 1.54. The van der Waals surface area contributed by atoms with E-state index in [1.165, 1.54) is 6.07 Å². The van der Waals surface area contributed by atoms with Crippen molar-refractivity contribution in [3.8, 4) is 11.4 Å². The number of imidazole rings is 1. The van der Waals surface area contributed by atoms with Gasteiger partial charge in [0.15, 0.2) is 5.65 Å². The van der Waals surface area contributed by atoms with Crippen LogP contribution < -0.4 is 5.56 Å². The van der Waals surface area contributed by atoms with E-state index in [1.807, 2.05) is 12.1 Å². The Morgan fingerprint density at radius 3 is 2.88 bits per heavy atom. The lowest BCUT2D eigenvalue weighted by atomic mass is 10.3. The van der Waals surface area contributed by atoms with Gasteiger partial charge in [0, 0.05) is 24.0 Å². The Kier molecular flexibility index (Phi) is 1.83. The molecule has 2 N–H and O–H groups in total. The van der Waals surface area contributed by atoms with Gasteiger partial charge < -0.3 is 9.97 Å². The molecule has 0 saturated heterocycles. The molecule has 0 aliphatic carbocycles. The van der Waals surface area contributed by atoms with Crippen molar-refractivity contribution in [1.29, 1.82) is 0 Å². The third kappa shape index (κ3) is 1.38. The molecule has 0 unspecified atom stereocenters. The monoisotopic (exact) mass is 212 g/mol. The predicted molar refractivity (Wildman–Crippen MR) is 59.9 cm³/mol. The van der Waals surface area contributed by atoms with E-state index < -0.39 is 0 Å². The van der Waals surface area contributed by atoms with Gasteiger partial charge in [0.25, 0.3) is 0 Å². The van der Waals surface area contributed by atoms with Crippen molar-refractivity contribution in [2.75, 3.05) is 0 Å². The fraction of sp³-hybridized carbons (Fsp3) is 0. The minimum absolute atomic E-state index is 0.127. The highest BCUT2D eigenvalue weighted by molar-refractivity contribution is 5.75. The normalized spacial score (nSPS) is 10.8. The standard InChI is InChI=1S/C11H8N4O/c16-9-4-3-7(6-13-9)10-14-8-2-1-5-12-11(8)15-10/h1-6H,(H,13,16)(H,12,14,15). The molecule has 3 heterocycles. The second-order valence-electron chi connectivity index (χ2n) is 3.40. The summed E-state index contributed by atoms with van der Waals surface area (Å²) in [5, 5.41) is 0. The first-order valence-corrected chi connectivity index (χ1v) is 4.83. The lowest BCUT2D eigenvalue weighted by molar-refractivity contribution is 1.21.